The second-order valence-corrected chi connectivity index (χ2v) is 5.64. The summed E-state index contributed by atoms with van der Waals surface area (Å²) in [4.78, 5) is 6.41. The standard InChI is InChI=1S/C14H18BrN3O2/c1-9(14-16-10(2)17-20-14)18(3)8-11-7-12(15)5-6-13(11)19-4/h5-7,9H,8H2,1-4H3/t9-/m1/s1. The maximum atomic E-state index is 5.39. The molecule has 0 radical (unpaired) electrons. The summed E-state index contributed by atoms with van der Waals surface area (Å²) in [7, 11) is 3.70. The van der Waals surface area contributed by atoms with Gasteiger partial charge in [0, 0.05) is 16.6 Å². The van der Waals surface area contributed by atoms with E-state index in [1.807, 2.05) is 33.0 Å². The van der Waals surface area contributed by atoms with Gasteiger partial charge in [-0.25, -0.2) is 0 Å². The Bertz CT molecular complexity index is 586. The van der Waals surface area contributed by atoms with Gasteiger partial charge in [-0.15, -0.1) is 0 Å². The molecule has 0 bridgehead atoms. The molecule has 108 valence electrons. The number of benzene rings is 1. The molecule has 2 rings (SSSR count). The third kappa shape index (κ3) is 3.37. The Labute approximate surface area is 127 Å². The number of aryl methyl sites for hydroxylation is 1. The number of nitrogens with zero attached hydrogens (tertiary/aromatic N) is 3. The lowest BCUT2D eigenvalue weighted by Crippen LogP contribution is -2.22. The van der Waals surface area contributed by atoms with Gasteiger partial charge in [-0.3, -0.25) is 4.90 Å². The first-order valence-electron chi connectivity index (χ1n) is 6.34. The van der Waals surface area contributed by atoms with Gasteiger partial charge in [-0.05, 0) is 39.1 Å². The summed E-state index contributed by atoms with van der Waals surface area (Å²) in [5, 5.41) is 3.83. The maximum absolute atomic E-state index is 5.39. The highest BCUT2D eigenvalue weighted by molar-refractivity contribution is 9.10. The van der Waals surface area contributed by atoms with Crippen molar-refractivity contribution in [1.82, 2.24) is 15.0 Å². The van der Waals surface area contributed by atoms with E-state index in [1.165, 1.54) is 0 Å². The van der Waals surface area contributed by atoms with Gasteiger partial charge >= 0.3 is 0 Å². The highest BCUT2D eigenvalue weighted by Crippen LogP contribution is 2.26. The fraction of sp³-hybridized carbons (Fsp3) is 0.429. The van der Waals surface area contributed by atoms with Crippen LogP contribution in [-0.2, 0) is 6.54 Å². The van der Waals surface area contributed by atoms with Crippen LogP contribution in [0.1, 0.15) is 30.2 Å². The van der Waals surface area contributed by atoms with Crippen LogP contribution < -0.4 is 4.74 Å². The first-order valence-corrected chi connectivity index (χ1v) is 7.13. The van der Waals surface area contributed by atoms with E-state index >= 15 is 0 Å². The molecule has 0 spiro atoms. The molecule has 1 atom stereocenters. The molecule has 0 amide bonds. The molecule has 1 aromatic carbocycles. The van der Waals surface area contributed by atoms with Gasteiger partial charge in [0.1, 0.15) is 5.75 Å². The normalized spacial score (nSPS) is 12.7. The Balaban J connectivity index is 2.15. The Kier molecular flexibility index (Phi) is 4.77. The SMILES string of the molecule is COc1ccc(Br)cc1CN(C)[C@H](C)c1nc(C)no1. The zero-order chi connectivity index (χ0) is 14.7. The lowest BCUT2D eigenvalue weighted by Gasteiger charge is -2.22. The van der Waals surface area contributed by atoms with Crippen molar-refractivity contribution in [3.8, 4) is 5.75 Å². The number of hydrogen-bond acceptors (Lipinski definition) is 5. The minimum atomic E-state index is 0.0416. The quantitative estimate of drug-likeness (QED) is 0.836. The summed E-state index contributed by atoms with van der Waals surface area (Å²) < 4.78 is 11.6. The summed E-state index contributed by atoms with van der Waals surface area (Å²) in [6.45, 7) is 4.58. The highest BCUT2D eigenvalue weighted by Gasteiger charge is 2.19. The molecular weight excluding hydrogens is 322 g/mol. The zero-order valence-corrected chi connectivity index (χ0v) is 13.6. The molecule has 0 saturated carbocycles. The summed E-state index contributed by atoms with van der Waals surface area (Å²) in [5.74, 6) is 2.15. The van der Waals surface area contributed by atoms with Crippen molar-refractivity contribution in [1.29, 1.82) is 0 Å². The Morgan fingerprint density at radius 2 is 2.20 bits per heavy atom. The van der Waals surface area contributed by atoms with E-state index in [0.717, 1.165) is 22.3 Å². The average molecular weight is 340 g/mol. The van der Waals surface area contributed by atoms with Crippen molar-refractivity contribution >= 4 is 15.9 Å². The van der Waals surface area contributed by atoms with Crippen LogP contribution in [0.3, 0.4) is 0 Å². The van der Waals surface area contributed by atoms with Crippen molar-refractivity contribution in [3.05, 3.63) is 40.0 Å². The van der Waals surface area contributed by atoms with Gasteiger partial charge in [-0.1, -0.05) is 21.1 Å². The summed E-state index contributed by atoms with van der Waals surface area (Å²) in [5.41, 5.74) is 1.10. The Morgan fingerprint density at radius 3 is 2.80 bits per heavy atom. The Morgan fingerprint density at radius 1 is 1.45 bits per heavy atom. The van der Waals surface area contributed by atoms with E-state index < -0.39 is 0 Å². The molecule has 0 unspecified atom stereocenters. The molecule has 5 nitrogen and oxygen atoms in total. The minimum Gasteiger partial charge on any atom is -0.496 e. The predicted molar refractivity (Wildman–Crippen MR) is 79.6 cm³/mol. The van der Waals surface area contributed by atoms with E-state index in [2.05, 4.69) is 37.0 Å². The van der Waals surface area contributed by atoms with E-state index in [0.29, 0.717) is 11.7 Å². The molecule has 1 aromatic heterocycles. The van der Waals surface area contributed by atoms with Gasteiger partial charge in [-0.2, -0.15) is 4.98 Å². The first-order chi connectivity index (χ1) is 9.51. The largest absolute Gasteiger partial charge is 0.496 e. The lowest BCUT2D eigenvalue weighted by atomic mass is 10.1. The van der Waals surface area contributed by atoms with Crippen molar-refractivity contribution in [2.75, 3.05) is 14.2 Å². The molecule has 0 N–H and O–H groups in total. The summed E-state index contributed by atoms with van der Waals surface area (Å²) >= 11 is 3.49. The second kappa shape index (κ2) is 6.37. The van der Waals surface area contributed by atoms with E-state index in [-0.39, 0.29) is 6.04 Å². The number of rotatable bonds is 5. The molecule has 6 heteroatoms. The number of halogens is 1. The highest BCUT2D eigenvalue weighted by atomic mass is 79.9. The molecule has 0 saturated heterocycles. The van der Waals surface area contributed by atoms with Crippen LogP contribution >= 0.6 is 15.9 Å². The molecular formula is C14H18BrN3O2. The molecule has 0 aliphatic rings. The zero-order valence-electron chi connectivity index (χ0n) is 12.1. The lowest BCUT2D eigenvalue weighted by molar-refractivity contribution is 0.200. The van der Waals surface area contributed by atoms with Crippen LogP contribution in [0.4, 0.5) is 0 Å². The van der Waals surface area contributed by atoms with Gasteiger partial charge < -0.3 is 9.26 Å². The van der Waals surface area contributed by atoms with Crippen LogP contribution in [0.5, 0.6) is 5.75 Å². The van der Waals surface area contributed by atoms with E-state index in [4.69, 9.17) is 9.26 Å². The third-order valence-corrected chi connectivity index (χ3v) is 3.72. The van der Waals surface area contributed by atoms with Crippen LogP contribution in [0, 0.1) is 6.92 Å². The topological polar surface area (TPSA) is 51.4 Å². The fourth-order valence-corrected chi connectivity index (χ4v) is 2.36. The number of methoxy groups -OCH3 is 1. The van der Waals surface area contributed by atoms with Crippen LogP contribution in [0.25, 0.3) is 0 Å². The average Bonchev–Trinajstić information content (AvgIpc) is 2.84. The fourth-order valence-electron chi connectivity index (χ4n) is 1.95. The predicted octanol–water partition coefficient (Wildman–Crippen LogP) is 3.34. The van der Waals surface area contributed by atoms with Gasteiger partial charge in [0.15, 0.2) is 5.82 Å². The molecule has 0 aliphatic carbocycles. The monoisotopic (exact) mass is 339 g/mol. The minimum absolute atomic E-state index is 0.0416. The maximum Gasteiger partial charge on any atom is 0.243 e. The molecule has 0 fully saturated rings. The van der Waals surface area contributed by atoms with Crippen LogP contribution in [0.15, 0.2) is 27.2 Å². The van der Waals surface area contributed by atoms with E-state index in [9.17, 15) is 0 Å². The Hall–Kier alpha value is -1.40. The van der Waals surface area contributed by atoms with Crippen molar-refractivity contribution in [2.45, 2.75) is 26.4 Å². The molecule has 2 aromatic rings. The van der Waals surface area contributed by atoms with Gasteiger partial charge in [0.2, 0.25) is 5.89 Å². The third-order valence-electron chi connectivity index (χ3n) is 3.22. The first kappa shape index (κ1) is 15.0. The molecule has 0 aliphatic heterocycles. The van der Waals surface area contributed by atoms with Crippen molar-refractivity contribution < 1.29 is 9.26 Å². The summed E-state index contributed by atoms with van der Waals surface area (Å²) in [6, 6.07) is 6.02. The van der Waals surface area contributed by atoms with Gasteiger partial charge in [0.25, 0.3) is 0 Å². The second-order valence-electron chi connectivity index (χ2n) is 4.73. The van der Waals surface area contributed by atoms with Crippen molar-refractivity contribution in [3.63, 3.8) is 0 Å². The number of ether oxygens (including phenoxy) is 1. The molecule has 1 heterocycles. The molecule has 20 heavy (non-hydrogen) atoms. The number of aromatic nitrogens is 2. The van der Waals surface area contributed by atoms with Crippen molar-refractivity contribution in [2.24, 2.45) is 0 Å². The summed E-state index contributed by atoms with van der Waals surface area (Å²) in [6.07, 6.45) is 0. The van der Waals surface area contributed by atoms with Crippen LogP contribution in [-0.4, -0.2) is 29.2 Å². The number of hydrogen-bond donors (Lipinski definition) is 0. The van der Waals surface area contributed by atoms with E-state index in [1.54, 1.807) is 7.11 Å². The van der Waals surface area contributed by atoms with Gasteiger partial charge in [0.05, 0.1) is 13.2 Å². The smallest absolute Gasteiger partial charge is 0.243 e. The van der Waals surface area contributed by atoms with Crippen LogP contribution in [0.2, 0.25) is 0 Å².